The number of nitrogens with zero attached hydrogens (tertiary/aromatic N) is 1. The van der Waals surface area contributed by atoms with E-state index in [1.807, 2.05) is 43.0 Å². The van der Waals surface area contributed by atoms with Crippen molar-refractivity contribution < 1.29 is 14.3 Å². The molecule has 0 saturated carbocycles. The largest absolute Gasteiger partial charge is 0.372 e. The summed E-state index contributed by atoms with van der Waals surface area (Å²) in [4.78, 5) is 25.9. The number of likely N-dealkylation sites (tertiary alicyclic amines) is 1. The fraction of sp³-hybridized carbons (Fsp3) is 0.579. The summed E-state index contributed by atoms with van der Waals surface area (Å²) < 4.78 is 5.07. The van der Waals surface area contributed by atoms with E-state index in [1.165, 1.54) is 0 Å². The molecule has 1 aromatic rings. The van der Waals surface area contributed by atoms with Crippen molar-refractivity contribution in [1.29, 1.82) is 0 Å². The molecule has 0 atom stereocenters. The van der Waals surface area contributed by atoms with Crippen molar-refractivity contribution in [3.63, 3.8) is 0 Å². The van der Waals surface area contributed by atoms with Crippen molar-refractivity contribution in [1.82, 2.24) is 10.2 Å². The quantitative estimate of drug-likeness (QED) is 0.834. The molecule has 1 fully saturated rings. The Balaban J connectivity index is 1.68. The highest BCUT2D eigenvalue weighted by Crippen LogP contribution is 2.21. The van der Waals surface area contributed by atoms with Crippen molar-refractivity contribution in [3.05, 3.63) is 35.4 Å². The number of carbonyl (C=O) groups is 2. The summed E-state index contributed by atoms with van der Waals surface area (Å²) in [5.74, 6) is 0.641. The third kappa shape index (κ3) is 5.64. The van der Waals surface area contributed by atoms with Gasteiger partial charge in [0.05, 0.1) is 0 Å². The van der Waals surface area contributed by atoms with Gasteiger partial charge in [0, 0.05) is 31.8 Å². The van der Waals surface area contributed by atoms with Crippen LogP contribution >= 0.6 is 0 Å². The Hall–Kier alpha value is -1.88. The number of rotatable bonds is 7. The van der Waals surface area contributed by atoms with Crippen LogP contribution in [0.4, 0.5) is 0 Å². The zero-order valence-corrected chi connectivity index (χ0v) is 14.7. The molecule has 132 valence electrons. The minimum atomic E-state index is -0.0520. The molecule has 0 aromatic heterocycles. The van der Waals surface area contributed by atoms with Gasteiger partial charge in [0.1, 0.15) is 6.61 Å². The van der Waals surface area contributed by atoms with E-state index in [-0.39, 0.29) is 18.4 Å². The van der Waals surface area contributed by atoms with Gasteiger partial charge in [-0.05, 0) is 51.2 Å². The van der Waals surface area contributed by atoms with Crippen LogP contribution in [-0.2, 0) is 9.53 Å². The Labute approximate surface area is 144 Å². The molecule has 1 saturated heterocycles. The zero-order chi connectivity index (χ0) is 17.4. The van der Waals surface area contributed by atoms with Crippen LogP contribution in [0.3, 0.4) is 0 Å². The van der Waals surface area contributed by atoms with Crippen LogP contribution in [0.15, 0.2) is 24.3 Å². The number of nitrogens with one attached hydrogen (secondary N) is 1. The summed E-state index contributed by atoms with van der Waals surface area (Å²) in [6.45, 7) is 6.86. The number of carbonyl (C=O) groups excluding carboxylic acids is 2. The van der Waals surface area contributed by atoms with Crippen LogP contribution in [0.5, 0.6) is 0 Å². The first-order chi connectivity index (χ1) is 11.6. The molecule has 5 nitrogen and oxygen atoms in total. The lowest BCUT2D eigenvalue weighted by molar-refractivity contribution is -0.125. The predicted molar refractivity (Wildman–Crippen MR) is 93.9 cm³/mol. The second-order valence-electron chi connectivity index (χ2n) is 6.38. The first-order valence-electron chi connectivity index (χ1n) is 8.80. The molecule has 0 aliphatic carbocycles. The Morgan fingerprint density at radius 2 is 1.88 bits per heavy atom. The monoisotopic (exact) mass is 332 g/mol. The average Bonchev–Trinajstić information content (AvgIpc) is 2.60. The molecule has 1 aliphatic heterocycles. The van der Waals surface area contributed by atoms with Crippen LogP contribution in [0.1, 0.15) is 42.1 Å². The molecular weight excluding hydrogens is 304 g/mol. The summed E-state index contributed by atoms with van der Waals surface area (Å²) in [5, 5.41) is 2.89. The summed E-state index contributed by atoms with van der Waals surface area (Å²) in [6.07, 6.45) is 2.96. The highest BCUT2D eigenvalue weighted by molar-refractivity contribution is 5.94. The van der Waals surface area contributed by atoms with Crippen LogP contribution < -0.4 is 5.32 Å². The van der Waals surface area contributed by atoms with Gasteiger partial charge in [0.15, 0.2) is 0 Å². The van der Waals surface area contributed by atoms with Crippen LogP contribution in [0, 0.1) is 12.8 Å². The smallest absolute Gasteiger partial charge is 0.253 e. The summed E-state index contributed by atoms with van der Waals surface area (Å²) in [6, 6.07) is 7.76. The van der Waals surface area contributed by atoms with E-state index in [0.717, 1.165) is 43.5 Å². The molecule has 1 N–H and O–H groups in total. The van der Waals surface area contributed by atoms with Crippen molar-refractivity contribution in [2.75, 3.05) is 32.8 Å². The lowest BCUT2D eigenvalue weighted by Gasteiger charge is -2.32. The number of hydrogen-bond donors (Lipinski definition) is 1. The lowest BCUT2D eigenvalue weighted by Crippen LogP contribution is -2.39. The highest BCUT2D eigenvalue weighted by atomic mass is 16.5. The maximum Gasteiger partial charge on any atom is 0.253 e. The summed E-state index contributed by atoms with van der Waals surface area (Å²) in [5.41, 5.74) is 1.93. The van der Waals surface area contributed by atoms with Gasteiger partial charge in [-0.3, -0.25) is 9.59 Å². The standard InChI is InChI=1S/C19H28N2O3/c1-3-24-14-18(22)20-11-8-16-9-12-21(13-10-16)19(23)17-6-4-15(2)5-7-17/h4-7,16H,3,8-14H2,1-2H3,(H,20,22). The molecule has 0 spiro atoms. The van der Waals surface area contributed by atoms with E-state index in [4.69, 9.17) is 4.74 Å². The number of piperidine rings is 1. The minimum Gasteiger partial charge on any atom is -0.372 e. The van der Waals surface area contributed by atoms with E-state index in [9.17, 15) is 9.59 Å². The SMILES string of the molecule is CCOCC(=O)NCCC1CCN(C(=O)c2ccc(C)cc2)CC1. The van der Waals surface area contributed by atoms with Crippen molar-refractivity contribution in [3.8, 4) is 0 Å². The van der Waals surface area contributed by atoms with E-state index < -0.39 is 0 Å². The number of ether oxygens (including phenoxy) is 1. The summed E-state index contributed by atoms with van der Waals surface area (Å²) in [7, 11) is 0. The molecule has 5 heteroatoms. The lowest BCUT2D eigenvalue weighted by atomic mass is 9.93. The van der Waals surface area contributed by atoms with E-state index in [0.29, 0.717) is 19.1 Å². The maximum absolute atomic E-state index is 12.5. The Morgan fingerprint density at radius 1 is 1.21 bits per heavy atom. The van der Waals surface area contributed by atoms with Gasteiger partial charge < -0.3 is 15.0 Å². The van der Waals surface area contributed by atoms with Gasteiger partial charge in [-0.2, -0.15) is 0 Å². The zero-order valence-electron chi connectivity index (χ0n) is 14.7. The normalized spacial score (nSPS) is 15.3. The molecule has 24 heavy (non-hydrogen) atoms. The van der Waals surface area contributed by atoms with Gasteiger partial charge in [-0.1, -0.05) is 17.7 Å². The van der Waals surface area contributed by atoms with Crippen LogP contribution in [0.2, 0.25) is 0 Å². The molecule has 2 amide bonds. The fourth-order valence-electron chi connectivity index (χ4n) is 2.96. The highest BCUT2D eigenvalue weighted by Gasteiger charge is 2.23. The molecule has 1 aliphatic rings. The van der Waals surface area contributed by atoms with E-state index in [1.54, 1.807) is 0 Å². The molecule has 1 aromatic carbocycles. The predicted octanol–water partition coefficient (Wildman–Crippen LogP) is 2.39. The molecule has 0 unspecified atom stereocenters. The van der Waals surface area contributed by atoms with Gasteiger partial charge in [0.25, 0.3) is 5.91 Å². The van der Waals surface area contributed by atoms with E-state index in [2.05, 4.69) is 5.32 Å². The van der Waals surface area contributed by atoms with Gasteiger partial charge in [0.2, 0.25) is 5.91 Å². The number of benzene rings is 1. The Kier molecular flexibility index (Phi) is 7.25. The summed E-state index contributed by atoms with van der Waals surface area (Å²) >= 11 is 0. The first-order valence-corrected chi connectivity index (χ1v) is 8.80. The third-order valence-electron chi connectivity index (χ3n) is 4.51. The number of amides is 2. The van der Waals surface area contributed by atoms with Gasteiger partial charge in [-0.25, -0.2) is 0 Å². The van der Waals surface area contributed by atoms with Crippen molar-refractivity contribution in [2.24, 2.45) is 5.92 Å². The second-order valence-corrected chi connectivity index (χ2v) is 6.38. The maximum atomic E-state index is 12.5. The number of aryl methyl sites for hydroxylation is 1. The molecule has 2 rings (SSSR count). The number of hydrogen-bond acceptors (Lipinski definition) is 3. The average molecular weight is 332 g/mol. The molecule has 0 radical (unpaired) electrons. The molecular formula is C19H28N2O3. The van der Waals surface area contributed by atoms with Gasteiger partial charge in [-0.15, -0.1) is 0 Å². The minimum absolute atomic E-state index is 0.0520. The fourth-order valence-corrected chi connectivity index (χ4v) is 2.96. The van der Waals surface area contributed by atoms with Crippen molar-refractivity contribution >= 4 is 11.8 Å². The van der Waals surface area contributed by atoms with E-state index >= 15 is 0 Å². The first kappa shape index (κ1) is 18.5. The second kappa shape index (κ2) is 9.42. The van der Waals surface area contributed by atoms with Crippen LogP contribution in [-0.4, -0.2) is 49.6 Å². The third-order valence-corrected chi connectivity index (χ3v) is 4.51. The van der Waals surface area contributed by atoms with Crippen LogP contribution in [0.25, 0.3) is 0 Å². The molecule has 1 heterocycles. The topological polar surface area (TPSA) is 58.6 Å². The van der Waals surface area contributed by atoms with Crippen molar-refractivity contribution in [2.45, 2.75) is 33.1 Å². The Morgan fingerprint density at radius 3 is 2.50 bits per heavy atom. The molecule has 0 bridgehead atoms. The Bertz CT molecular complexity index is 534. The van der Waals surface area contributed by atoms with Gasteiger partial charge >= 0.3 is 0 Å².